The molecule has 2 aromatic rings. The molecular formula is C14H12BrClOS. The van der Waals surface area contributed by atoms with Gasteiger partial charge in [-0.05, 0) is 64.1 Å². The molecule has 0 aliphatic heterocycles. The van der Waals surface area contributed by atoms with Crippen LogP contribution >= 0.6 is 39.3 Å². The van der Waals surface area contributed by atoms with Gasteiger partial charge >= 0.3 is 0 Å². The van der Waals surface area contributed by atoms with Crippen LogP contribution in [0.5, 0.6) is 11.5 Å². The Bertz CT molecular complexity index is 528. The molecule has 0 N–H and O–H groups in total. The lowest BCUT2D eigenvalue weighted by atomic mass is 10.2. The molecule has 0 aliphatic carbocycles. The number of halogens is 2. The molecule has 0 atom stereocenters. The molecule has 0 heterocycles. The first-order chi connectivity index (χ1) is 8.72. The number of alkyl halides is 1. The first kappa shape index (κ1) is 13.8. The third-order valence-electron chi connectivity index (χ3n) is 2.44. The van der Waals surface area contributed by atoms with Crippen molar-refractivity contribution >= 4 is 39.3 Å². The van der Waals surface area contributed by atoms with Crippen molar-refractivity contribution in [3.05, 3.63) is 52.5 Å². The van der Waals surface area contributed by atoms with Gasteiger partial charge in [-0.15, -0.1) is 23.4 Å². The predicted molar refractivity (Wildman–Crippen MR) is 82.0 cm³/mol. The molecule has 4 heteroatoms. The summed E-state index contributed by atoms with van der Waals surface area (Å²) in [5.74, 6) is 2.12. The highest BCUT2D eigenvalue weighted by Crippen LogP contribution is 2.31. The van der Waals surface area contributed by atoms with Gasteiger partial charge in [-0.1, -0.05) is 6.07 Å². The summed E-state index contributed by atoms with van der Waals surface area (Å²) in [4.78, 5) is 1.22. The zero-order chi connectivity index (χ0) is 13.0. The molecule has 1 nitrogen and oxygen atoms in total. The Morgan fingerprint density at radius 3 is 2.44 bits per heavy atom. The van der Waals surface area contributed by atoms with Gasteiger partial charge in [-0.2, -0.15) is 0 Å². The normalized spacial score (nSPS) is 10.4. The van der Waals surface area contributed by atoms with Crippen molar-refractivity contribution in [2.75, 3.05) is 6.26 Å². The zero-order valence-corrected chi connectivity index (χ0v) is 13.0. The number of hydrogen-bond donors (Lipinski definition) is 0. The highest BCUT2D eigenvalue weighted by molar-refractivity contribution is 9.10. The SMILES string of the molecule is CSc1ccc(Oc2ccc(CCl)cc2Br)cc1. The highest BCUT2D eigenvalue weighted by atomic mass is 79.9. The topological polar surface area (TPSA) is 9.23 Å². The Balaban J connectivity index is 2.17. The minimum absolute atomic E-state index is 0.501. The average molecular weight is 344 g/mol. The summed E-state index contributed by atoms with van der Waals surface area (Å²) in [5, 5.41) is 0. The van der Waals surface area contributed by atoms with E-state index < -0.39 is 0 Å². The van der Waals surface area contributed by atoms with E-state index in [1.54, 1.807) is 11.8 Å². The molecule has 0 radical (unpaired) electrons. The van der Waals surface area contributed by atoms with Crippen molar-refractivity contribution in [1.29, 1.82) is 0 Å². The number of rotatable bonds is 4. The Hall–Kier alpha value is -0.640. The number of ether oxygens (including phenoxy) is 1. The van der Waals surface area contributed by atoms with Crippen LogP contribution in [-0.2, 0) is 5.88 Å². The minimum Gasteiger partial charge on any atom is -0.456 e. The third-order valence-corrected chi connectivity index (χ3v) is 4.11. The van der Waals surface area contributed by atoms with Gasteiger partial charge in [-0.3, -0.25) is 0 Å². The van der Waals surface area contributed by atoms with Crippen LogP contribution in [0.2, 0.25) is 0 Å². The Morgan fingerprint density at radius 2 is 1.89 bits per heavy atom. The first-order valence-electron chi connectivity index (χ1n) is 5.39. The van der Waals surface area contributed by atoms with E-state index in [0.717, 1.165) is 21.5 Å². The zero-order valence-electron chi connectivity index (χ0n) is 9.82. The molecule has 0 bridgehead atoms. The van der Waals surface area contributed by atoms with Gasteiger partial charge in [0.05, 0.1) is 4.47 Å². The van der Waals surface area contributed by atoms with Crippen molar-refractivity contribution in [3.63, 3.8) is 0 Å². The summed E-state index contributed by atoms with van der Waals surface area (Å²) < 4.78 is 6.72. The van der Waals surface area contributed by atoms with Crippen LogP contribution in [0.25, 0.3) is 0 Å². The monoisotopic (exact) mass is 342 g/mol. The molecular weight excluding hydrogens is 332 g/mol. The second-order valence-corrected chi connectivity index (χ2v) is 5.68. The van der Waals surface area contributed by atoms with Crippen LogP contribution in [0.3, 0.4) is 0 Å². The standard InChI is InChI=1S/C14H12BrClOS/c1-18-12-5-3-11(4-6-12)17-14-7-2-10(9-16)8-13(14)15/h2-8H,9H2,1H3. The number of benzene rings is 2. The fourth-order valence-electron chi connectivity index (χ4n) is 1.48. The van der Waals surface area contributed by atoms with E-state index in [1.165, 1.54) is 4.90 Å². The molecule has 0 saturated carbocycles. The fourth-order valence-corrected chi connectivity index (χ4v) is 2.56. The van der Waals surface area contributed by atoms with Gasteiger partial charge < -0.3 is 4.74 Å². The molecule has 2 aromatic carbocycles. The fraction of sp³-hybridized carbons (Fsp3) is 0.143. The molecule has 94 valence electrons. The summed E-state index contributed by atoms with van der Waals surface area (Å²) in [6.45, 7) is 0. The molecule has 2 rings (SSSR count). The second-order valence-electron chi connectivity index (χ2n) is 3.68. The summed E-state index contributed by atoms with van der Waals surface area (Å²) in [7, 11) is 0. The molecule has 18 heavy (non-hydrogen) atoms. The van der Waals surface area contributed by atoms with Crippen LogP contribution in [-0.4, -0.2) is 6.26 Å². The summed E-state index contributed by atoms with van der Waals surface area (Å²) >= 11 is 11.0. The van der Waals surface area contributed by atoms with Gasteiger partial charge in [0.1, 0.15) is 11.5 Å². The van der Waals surface area contributed by atoms with Crippen LogP contribution < -0.4 is 4.74 Å². The molecule has 0 spiro atoms. The van der Waals surface area contributed by atoms with Gasteiger partial charge in [0, 0.05) is 10.8 Å². The van der Waals surface area contributed by atoms with Crippen molar-refractivity contribution in [3.8, 4) is 11.5 Å². The summed E-state index contributed by atoms with van der Waals surface area (Å²) in [6.07, 6.45) is 2.05. The van der Waals surface area contributed by atoms with Crippen molar-refractivity contribution in [2.24, 2.45) is 0 Å². The maximum Gasteiger partial charge on any atom is 0.141 e. The van der Waals surface area contributed by atoms with Crippen LogP contribution in [0.4, 0.5) is 0 Å². The first-order valence-corrected chi connectivity index (χ1v) is 7.94. The van der Waals surface area contributed by atoms with Crippen LogP contribution in [0.15, 0.2) is 51.8 Å². The van der Waals surface area contributed by atoms with E-state index in [1.807, 2.05) is 42.5 Å². The molecule has 0 amide bonds. The summed E-state index contributed by atoms with van der Waals surface area (Å²) in [5.41, 5.74) is 1.06. The van der Waals surface area contributed by atoms with E-state index in [9.17, 15) is 0 Å². The van der Waals surface area contributed by atoms with Crippen LogP contribution in [0, 0.1) is 0 Å². The maximum atomic E-state index is 5.81. The van der Waals surface area contributed by atoms with Crippen molar-refractivity contribution < 1.29 is 4.74 Å². The van der Waals surface area contributed by atoms with Crippen molar-refractivity contribution in [1.82, 2.24) is 0 Å². The van der Waals surface area contributed by atoms with E-state index in [4.69, 9.17) is 16.3 Å². The maximum absolute atomic E-state index is 5.81. The van der Waals surface area contributed by atoms with E-state index in [2.05, 4.69) is 22.2 Å². The Labute approximate surface area is 125 Å². The van der Waals surface area contributed by atoms with Gasteiger partial charge in [0.15, 0.2) is 0 Å². The van der Waals surface area contributed by atoms with E-state index >= 15 is 0 Å². The van der Waals surface area contributed by atoms with Crippen LogP contribution in [0.1, 0.15) is 5.56 Å². The lowest BCUT2D eigenvalue weighted by Gasteiger charge is -2.09. The second kappa shape index (κ2) is 6.50. The smallest absolute Gasteiger partial charge is 0.141 e. The molecule has 0 aliphatic rings. The van der Waals surface area contributed by atoms with Gasteiger partial charge in [0.2, 0.25) is 0 Å². The number of hydrogen-bond acceptors (Lipinski definition) is 2. The third kappa shape index (κ3) is 3.44. The van der Waals surface area contributed by atoms with Gasteiger partial charge in [-0.25, -0.2) is 0 Å². The predicted octanol–water partition coefficient (Wildman–Crippen LogP) is 5.70. The Morgan fingerprint density at radius 1 is 1.17 bits per heavy atom. The minimum atomic E-state index is 0.501. The van der Waals surface area contributed by atoms with E-state index in [-0.39, 0.29) is 0 Å². The van der Waals surface area contributed by atoms with Gasteiger partial charge in [0.25, 0.3) is 0 Å². The highest BCUT2D eigenvalue weighted by Gasteiger charge is 2.04. The largest absolute Gasteiger partial charge is 0.456 e. The molecule has 0 saturated heterocycles. The number of thioether (sulfide) groups is 1. The average Bonchev–Trinajstić information content (AvgIpc) is 2.42. The van der Waals surface area contributed by atoms with E-state index in [0.29, 0.717) is 5.88 Å². The molecule has 0 aromatic heterocycles. The lowest BCUT2D eigenvalue weighted by molar-refractivity contribution is 0.479. The van der Waals surface area contributed by atoms with Crippen molar-refractivity contribution in [2.45, 2.75) is 10.8 Å². The molecule has 0 fully saturated rings. The summed E-state index contributed by atoms with van der Waals surface area (Å²) in [6, 6.07) is 13.9. The lowest BCUT2D eigenvalue weighted by Crippen LogP contribution is -1.87. The quantitative estimate of drug-likeness (QED) is 0.520. The molecule has 0 unspecified atom stereocenters. The Kier molecular flexibility index (Phi) is 4.98.